The molecule has 2 heterocycles. The Morgan fingerprint density at radius 1 is 1.14 bits per heavy atom. The smallest absolute Gasteiger partial charge is 0.251 e. The Morgan fingerprint density at radius 3 is 2.72 bits per heavy atom. The first-order valence-corrected chi connectivity index (χ1v) is 13.7. The summed E-state index contributed by atoms with van der Waals surface area (Å²) in [5.41, 5.74) is 3.67. The van der Waals surface area contributed by atoms with Crippen molar-refractivity contribution in [3.63, 3.8) is 0 Å². The number of hydrogen-bond donors (Lipinski definition) is 4. The maximum atomic E-state index is 12.8. The molecule has 2 aromatic carbocycles. The van der Waals surface area contributed by atoms with E-state index >= 15 is 0 Å². The maximum absolute atomic E-state index is 12.8. The number of benzene rings is 2. The first-order chi connectivity index (χ1) is 17.4. The molecule has 4 rings (SSSR count). The lowest BCUT2D eigenvalue weighted by molar-refractivity contribution is 0.0954. The van der Waals surface area contributed by atoms with E-state index in [-0.39, 0.29) is 5.91 Å². The van der Waals surface area contributed by atoms with Gasteiger partial charge in [-0.05, 0) is 87.2 Å². The zero-order valence-electron chi connectivity index (χ0n) is 21.2. The van der Waals surface area contributed by atoms with Gasteiger partial charge in [0.25, 0.3) is 5.91 Å². The minimum Gasteiger partial charge on any atom is -0.356 e. The van der Waals surface area contributed by atoms with E-state index in [1.54, 1.807) is 6.07 Å². The van der Waals surface area contributed by atoms with Crippen LogP contribution in [0.1, 0.15) is 47.7 Å². The molecule has 194 valence electrons. The highest BCUT2D eigenvalue weighted by atomic mass is 35.5. The van der Waals surface area contributed by atoms with Gasteiger partial charge in [-0.1, -0.05) is 35.7 Å². The van der Waals surface area contributed by atoms with Crippen LogP contribution in [0.15, 0.2) is 48.3 Å². The number of nitrogens with one attached hydrogen (secondary N) is 4. The molecule has 36 heavy (non-hydrogen) atoms. The lowest BCUT2D eigenvalue weighted by atomic mass is 10.0. The minimum atomic E-state index is -0.0900. The van der Waals surface area contributed by atoms with Gasteiger partial charge >= 0.3 is 0 Å². The third-order valence-corrected chi connectivity index (χ3v) is 7.45. The summed E-state index contributed by atoms with van der Waals surface area (Å²) in [4.78, 5) is 15.2. The van der Waals surface area contributed by atoms with Crippen LogP contribution in [0.5, 0.6) is 0 Å². The van der Waals surface area contributed by atoms with Gasteiger partial charge in [0.05, 0.1) is 0 Å². The number of rotatable bonds is 8. The SMILES string of the molecule is Cc1cc(C(=O)NCCc2ccc(Cl)cc2Cl)ccc1N/C(=C/C1CCCCN1)N1CCN[C@@H](C)C1. The molecule has 2 aliphatic rings. The molecule has 2 atom stereocenters. The molecular weight excluding hydrogens is 493 g/mol. The molecule has 0 radical (unpaired) electrons. The van der Waals surface area contributed by atoms with Crippen molar-refractivity contribution in [2.45, 2.75) is 51.6 Å². The van der Waals surface area contributed by atoms with E-state index in [0.29, 0.717) is 40.7 Å². The van der Waals surface area contributed by atoms with Gasteiger partial charge < -0.3 is 26.2 Å². The highest BCUT2D eigenvalue weighted by Crippen LogP contribution is 2.23. The van der Waals surface area contributed by atoms with Gasteiger partial charge in [-0.15, -0.1) is 0 Å². The molecule has 2 aromatic rings. The predicted molar refractivity (Wildman–Crippen MR) is 150 cm³/mol. The third kappa shape index (κ3) is 7.39. The van der Waals surface area contributed by atoms with Crippen LogP contribution in [0.4, 0.5) is 5.69 Å². The van der Waals surface area contributed by atoms with Crippen molar-refractivity contribution in [1.29, 1.82) is 0 Å². The Labute approximate surface area is 224 Å². The number of carbonyl (C=O) groups excluding carboxylic acids is 1. The summed E-state index contributed by atoms with van der Waals surface area (Å²) in [6.45, 7) is 8.74. The van der Waals surface area contributed by atoms with E-state index in [4.69, 9.17) is 23.2 Å². The molecule has 6 nitrogen and oxygen atoms in total. The van der Waals surface area contributed by atoms with Gasteiger partial charge in [0.1, 0.15) is 5.82 Å². The summed E-state index contributed by atoms with van der Waals surface area (Å²) in [6.07, 6.45) is 6.65. The first-order valence-electron chi connectivity index (χ1n) is 12.9. The molecule has 2 fully saturated rings. The summed E-state index contributed by atoms with van der Waals surface area (Å²) >= 11 is 12.2. The second-order valence-electron chi connectivity index (χ2n) is 9.81. The molecule has 1 unspecified atom stereocenters. The van der Waals surface area contributed by atoms with Crippen LogP contribution in [-0.2, 0) is 6.42 Å². The van der Waals surface area contributed by atoms with Crippen LogP contribution < -0.4 is 21.3 Å². The maximum Gasteiger partial charge on any atom is 0.251 e. The molecule has 0 aromatic heterocycles. The van der Waals surface area contributed by atoms with Crippen molar-refractivity contribution in [1.82, 2.24) is 20.9 Å². The van der Waals surface area contributed by atoms with Gasteiger partial charge in [0.15, 0.2) is 0 Å². The number of halogens is 2. The average Bonchev–Trinajstić information content (AvgIpc) is 2.86. The summed E-state index contributed by atoms with van der Waals surface area (Å²) in [5, 5.41) is 15.1. The van der Waals surface area contributed by atoms with Crippen molar-refractivity contribution in [2.75, 3.05) is 38.0 Å². The van der Waals surface area contributed by atoms with Crippen LogP contribution in [0, 0.1) is 6.92 Å². The Bertz CT molecular complexity index is 1080. The van der Waals surface area contributed by atoms with E-state index in [1.807, 2.05) is 37.3 Å². The van der Waals surface area contributed by atoms with Gasteiger partial charge in [-0.25, -0.2) is 0 Å². The van der Waals surface area contributed by atoms with Crippen LogP contribution in [0.2, 0.25) is 10.0 Å². The zero-order valence-corrected chi connectivity index (χ0v) is 22.7. The normalized spacial score (nSPS) is 20.8. The van der Waals surface area contributed by atoms with Crippen molar-refractivity contribution >= 4 is 34.8 Å². The van der Waals surface area contributed by atoms with Crippen LogP contribution in [0.25, 0.3) is 0 Å². The molecule has 0 aliphatic carbocycles. The number of hydrogen-bond acceptors (Lipinski definition) is 5. The minimum absolute atomic E-state index is 0.0900. The summed E-state index contributed by atoms with van der Waals surface area (Å²) in [7, 11) is 0. The van der Waals surface area contributed by atoms with E-state index in [0.717, 1.165) is 55.2 Å². The molecule has 2 aliphatic heterocycles. The van der Waals surface area contributed by atoms with Crippen molar-refractivity contribution in [2.24, 2.45) is 0 Å². The fraction of sp³-hybridized carbons (Fsp3) is 0.464. The van der Waals surface area contributed by atoms with Crippen molar-refractivity contribution in [3.05, 3.63) is 75.0 Å². The zero-order chi connectivity index (χ0) is 25.5. The highest BCUT2D eigenvalue weighted by Gasteiger charge is 2.21. The second-order valence-corrected chi connectivity index (χ2v) is 10.6. The number of aryl methyl sites for hydroxylation is 1. The van der Waals surface area contributed by atoms with Crippen LogP contribution in [-0.4, -0.2) is 55.6 Å². The van der Waals surface area contributed by atoms with E-state index in [1.165, 1.54) is 12.8 Å². The molecule has 0 saturated carbocycles. The summed E-state index contributed by atoms with van der Waals surface area (Å²) in [6, 6.07) is 12.1. The molecule has 2 saturated heterocycles. The Balaban J connectivity index is 1.41. The van der Waals surface area contributed by atoms with Crippen LogP contribution in [0.3, 0.4) is 0 Å². The number of piperidine rings is 1. The molecule has 4 N–H and O–H groups in total. The number of nitrogens with zero attached hydrogens (tertiary/aromatic N) is 1. The Kier molecular flexibility index (Phi) is 9.54. The van der Waals surface area contributed by atoms with Crippen molar-refractivity contribution < 1.29 is 4.79 Å². The lowest BCUT2D eigenvalue weighted by Crippen LogP contribution is -2.50. The van der Waals surface area contributed by atoms with E-state index in [2.05, 4.69) is 39.2 Å². The number of anilines is 1. The first kappa shape index (κ1) is 26.8. The van der Waals surface area contributed by atoms with Crippen molar-refractivity contribution in [3.8, 4) is 0 Å². The number of amides is 1. The lowest BCUT2D eigenvalue weighted by Gasteiger charge is -2.36. The molecule has 0 bridgehead atoms. The monoisotopic (exact) mass is 529 g/mol. The average molecular weight is 531 g/mol. The fourth-order valence-electron chi connectivity index (χ4n) is 4.81. The van der Waals surface area contributed by atoms with E-state index < -0.39 is 0 Å². The summed E-state index contributed by atoms with van der Waals surface area (Å²) < 4.78 is 0. The molecule has 1 amide bonds. The van der Waals surface area contributed by atoms with Crippen LogP contribution >= 0.6 is 23.2 Å². The van der Waals surface area contributed by atoms with Gasteiger partial charge in [0, 0.05) is 59.6 Å². The summed E-state index contributed by atoms with van der Waals surface area (Å²) in [5.74, 6) is 1.05. The highest BCUT2D eigenvalue weighted by molar-refractivity contribution is 6.35. The van der Waals surface area contributed by atoms with E-state index in [9.17, 15) is 4.79 Å². The number of piperazine rings is 1. The molecular formula is C28H37Cl2N5O. The standard InChI is InChI=1S/C28H37Cl2N5O/c1-19-15-22(28(36)33-12-10-21-6-8-23(29)16-25(21)30)7-9-26(19)34-27(17-24-5-3-4-11-32-24)35-14-13-31-20(2)18-35/h6-9,15-17,20,24,31-32,34H,3-5,10-14,18H2,1-2H3,(H,33,36)/b27-17-/t20-,24?/m0/s1. The Hall–Kier alpha value is -2.25. The predicted octanol–water partition coefficient (Wildman–Crippen LogP) is 4.96. The van der Waals surface area contributed by atoms with Gasteiger partial charge in [-0.3, -0.25) is 4.79 Å². The van der Waals surface area contributed by atoms with Gasteiger partial charge in [-0.2, -0.15) is 0 Å². The quantitative estimate of drug-likeness (QED) is 0.389. The second kappa shape index (κ2) is 12.8. The molecule has 8 heteroatoms. The third-order valence-electron chi connectivity index (χ3n) is 6.86. The van der Waals surface area contributed by atoms with Gasteiger partial charge in [0.2, 0.25) is 0 Å². The largest absolute Gasteiger partial charge is 0.356 e. The Morgan fingerprint density at radius 2 is 2.00 bits per heavy atom. The fourth-order valence-corrected chi connectivity index (χ4v) is 5.31. The molecule has 0 spiro atoms. The topological polar surface area (TPSA) is 68.4 Å². The number of carbonyl (C=O) groups is 1.